The van der Waals surface area contributed by atoms with Crippen molar-refractivity contribution in [3.8, 4) is 24.3 Å². The molecule has 1 aromatic rings. The number of anilines is 1. The van der Waals surface area contributed by atoms with Crippen molar-refractivity contribution in [1.82, 2.24) is 0 Å². The molecule has 0 amide bonds. The fourth-order valence-electron chi connectivity index (χ4n) is 1.14. The average molecular weight is 325 g/mol. The predicted molar refractivity (Wildman–Crippen MR) is 74.6 cm³/mol. The Hall–Kier alpha value is -3.13. The smallest absolute Gasteiger partial charge is 0.237 e. The van der Waals surface area contributed by atoms with Gasteiger partial charge in [-0.1, -0.05) is 15.9 Å². The van der Waals surface area contributed by atoms with Crippen molar-refractivity contribution in [2.24, 2.45) is 5.10 Å². The van der Waals surface area contributed by atoms with E-state index in [4.69, 9.17) is 21.0 Å². The van der Waals surface area contributed by atoms with Gasteiger partial charge in [0.15, 0.2) is 0 Å². The normalized spacial score (nSPS) is 8.05. The Balaban J connectivity index is 3.34. The molecule has 0 saturated carbocycles. The lowest BCUT2D eigenvalue weighted by Crippen LogP contribution is -2.11. The fraction of sp³-hybridized carbons (Fsp3) is 0. The van der Waals surface area contributed by atoms with Gasteiger partial charge in [-0.25, -0.2) is 5.01 Å². The van der Waals surface area contributed by atoms with E-state index in [0.717, 1.165) is 15.7 Å². The zero-order valence-electron chi connectivity index (χ0n) is 9.95. The maximum atomic E-state index is 8.76. The third-order valence-corrected chi connectivity index (χ3v) is 2.53. The van der Waals surface area contributed by atoms with E-state index in [9.17, 15) is 0 Å². The van der Waals surface area contributed by atoms with Crippen LogP contribution in [0.4, 0.5) is 5.69 Å². The molecule has 1 aromatic carbocycles. The lowest BCUT2D eigenvalue weighted by molar-refractivity contribution is 1.07. The number of nitriles is 4. The Morgan fingerprint density at radius 1 is 1.00 bits per heavy atom. The molecule has 0 radical (unpaired) electrons. The van der Waals surface area contributed by atoms with E-state index in [1.165, 1.54) is 0 Å². The van der Waals surface area contributed by atoms with Crippen molar-refractivity contribution < 1.29 is 0 Å². The summed E-state index contributed by atoms with van der Waals surface area (Å²) in [5.41, 5.74) is -0.0921. The van der Waals surface area contributed by atoms with Crippen molar-refractivity contribution in [1.29, 1.82) is 21.0 Å². The molecule has 6 nitrogen and oxygen atoms in total. The van der Waals surface area contributed by atoms with Crippen LogP contribution in [0.15, 0.2) is 45.6 Å². The standard InChI is InChI=1S/C13H5BrN6/c14-11-1-3-13(4-2-11)20(9-10(5-15)6-16)19-12(7-17)8-18/h1-4,9H. The van der Waals surface area contributed by atoms with Gasteiger partial charge in [-0.15, -0.1) is 5.10 Å². The zero-order valence-corrected chi connectivity index (χ0v) is 11.5. The van der Waals surface area contributed by atoms with E-state index in [0.29, 0.717) is 5.69 Å². The summed E-state index contributed by atoms with van der Waals surface area (Å²) < 4.78 is 0.829. The minimum absolute atomic E-state index is 0.202. The second-order valence-corrected chi connectivity index (χ2v) is 4.18. The third kappa shape index (κ3) is 3.96. The molecular weight excluding hydrogens is 320 g/mol. The molecule has 0 aromatic heterocycles. The van der Waals surface area contributed by atoms with E-state index in [-0.39, 0.29) is 11.3 Å². The summed E-state index contributed by atoms with van der Waals surface area (Å²) in [7, 11) is 0. The van der Waals surface area contributed by atoms with Gasteiger partial charge in [0.2, 0.25) is 5.71 Å². The molecule has 0 aliphatic carbocycles. The van der Waals surface area contributed by atoms with Crippen LogP contribution >= 0.6 is 15.9 Å². The molecule has 0 saturated heterocycles. The Kier molecular flexibility index (Phi) is 5.48. The van der Waals surface area contributed by atoms with E-state index in [2.05, 4.69) is 21.0 Å². The van der Waals surface area contributed by atoms with Crippen LogP contribution < -0.4 is 5.01 Å². The highest BCUT2D eigenvalue weighted by Crippen LogP contribution is 2.20. The van der Waals surface area contributed by atoms with Gasteiger partial charge in [0.05, 0.1) is 11.9 Å². The Labute approximate surface area is 123 Å². The average Bonchev–Trinajstić information content (AvgIpc) is 2.49. The van der Waals surface area contributed by atoms with Crippen LogP contribution in [0.5, 0.6) is 0 Å². The summed E-state index contributed by atoms with van der Waals surface area (Å²) in [6, 6.07) is 13.4. The van der Waals surface area contributed by atoms with E-state index < -0.39 is 0 Å². The number of hydrazone groups is 1. The van der Waals surface area contributed by atoms with Crippen LogP contribution in [0, 0.1) is 45.3 Å². The van der Waals surface area contributed by atoms with Crippen LogP contribution in [0.1, 0.15) is 0 Å². The summed E-state index contributed by atoms with van der Waals surface area (Å²) in [5, 5.41) is 39.9. The molecule has 7 heteroatoms. The number of allylic oxidation sites excluding steroid dienone is 1. The van der Waals surface area contributed by atoms with Crippen LogP contribution in [-0.2, 0) is 0 Å². The molecule has 0 bridgehead atoms. The summed E-state index contributed by atoms with van der Waals surface area (Å²) in [4.78, 5) is 0. The first-order chi connectivity index (χ1) is 9.64. The Morgan fingerprint density at radius 3 is 2.00 bits per heavy atom. The summed E-state index contributed by atoms with van der Waals surface area (Å²) in [6.45, 7) is 0. The number of hydrogen-bond donors (Lipinski definition) is 0. The van der Waals surface area contributed by atoms with Crippen molar-refractivity contribution in [2.75, 3.05) is 5.01 Å². The molecule has 94 valence electrons. The maximum absolute atomic E-state index is 8.76. The predicted octanol–water partition coefficient (Wildman–Crippen LogP) is 2.59. The minimum Gasteiger partial charge on any atom is -0.237 e. The van der Waals surface area contributed by atoms with Gasteiger partial charge in [-0.05, 0) is 24.3 Å². The van der Waals surface area contributed by atoms with Gasteiger partial charge in [0.25, 0.3) is 0 Å². The van der Waals surface area contributed by atoms with E-state index >= 15 is 0 Å². The van der Waals surface area contributed by atoms with E-state index in [1.54, 1.807) is 48.5 Å². The highest BCUT2D eigenvalue weighted by molar-refractivity contribution is 9.10. The molecule has 0 atom stereocenters. The summed E-state index contributed by atoms with van der Waals surface area (Å²) in [6.07, 6.45) is 1.15. The Morgan fingerprint density at radius 2 is 1.55 bits per heavy atom. The van der Waals surface area contributed by atoms with Crippen molar-refractivity contribution >= 4 is 27.3 Å². The summed E-state index contributed by atoms with van der Waals surface area (Å²) >= 11 is 3.27. The number of benzene rings is 1. The lowest BCUT2D eigenvalue weighted by atomic mass is 10.3. The second-order valence-electron chi connectivity index (χ2n) is 3.26. The van der Waals surface area contributed by atoms with Gasteiger partial charge in [0, 0.05) is 4.47 Å². The summed E-state index contributed by atoms with van der Waals surface area (Å²) in [5.74, 6) is 0. The largest absolute Gasteiger partial charge is 0.237 e. The second kappa shape index (κ2) is 7.34. The molecule has 0 spiro atoms. The molecule has 1 rings (SSSR count). The van der Waals surface area contributed by atoms with Gasteiger partial charge in [0.1, 0.15) is 29.8 Å². The first kappa shape index (κ1) is 14.9. The highest BCUT2D eigenvalue weighted by Gasteiger charge is 2.07. The molecule has 0 fully saturated rings. The molecule has 0 aliphatic rings. The molecule has 0 heterocycles. The van der Waals surface area contributed by atoms with Gasteiger partial charge in [-0.3, -0.25) is 0 Å². The SMILES string of the molecule is N#CC(C#N)=CN(N=C(C#N)C#N)c1ccc(Br)cc1. The lowest BCUT2D eigenvalue weighted by Gasteiger charge is -2.13. The maximum Gasteiger partial charge on any atom is 0.237 e. The number of hydrogen-bond acceptors (Lipinski definition) is 6. The van der Waals surface area contributed by atoms with Crippen molar-refractivity contribution in [2.45, 2.75) is 0 Å². The van der Waals surface area contributed by atoms with Crippen LogP contribution in [0.3, 0.4) is 0 Å². The van der Waals surface area contributed by atoms with Gasteiger partial charge >= 0.3 is 0 Å². The monoisotopic (exact) mass is 324 g/mol. The van der Waals surface area contributed by atoms with Gasteiger partial charge in [-0.2, -0.15) is 21.0 Å². The molecule has 0 N–H and O–H groups in total. The third-order valence-electron chi connectivity index (χ3n) is 2.00. The zero-order chi connectivity index (χ0) is 15.0. The van der Waals surface area contributed by atoms with Gasteiger partial charge < -0.3 is 0 Å². The first-order valence-electron chi connectivity index (χ1n) is 5.10. The molecule has 20 heavy (non-hydrogen) atoms. The highest BCUT2D eigenvalue weighted by atomic mass is 79.9. The van der Waals surface area contributed by atoms with Crippen molar-refractivity contribution in [3.05, 3.63) is 40.5 Å². The minimum atomic E-state index is -0.389. The van der Waals surface area contributed by atoms with Crippen LogP contribution in [0.25, 0.3) is 0 Å². The fourth-order valence-corrected chi connectivity index (χ4v) is 1.40. The first-order valence-corrected chi connectivity index (χ1v) is 5.89. The Bertz CT molecular complexity index is 645. The van der Waals surface area contributed by atoms with Crippen molar-refractivity contribution in [3.63, 3.8) is 0 Å². The van der Waals surface area contributed by atoms with Crippen LogP contribution in [0.2, 0.25) is 0 Å². The molecular formula is C13H5BrN6. The molecule has 0 aliphatic heterocycles. The number of rotatable bonds is 3. The topological polar surface area (TPSA) is 111 Å². The quantitative estimate of drug-likeness (QED) is 0.482. The molecule has 0 unspecified atom stereocenters. The number of halogens is 1. The van der Waals surface area contributed by atoms with Crippen LogP contribution in [-0.4, -0.2) is 5.71 Å². The number of nitrogens with zero attached hydrogens (tertiary/aromatic N) is 6. The van der Waals surface area contributed by atoms with E-state index in [1.807, 2.05) is 0 Å².